The van der Waals surface area contributed by atoms with Gasteiger partial charge in [0, 0.05) is 43.5 Å². The summed E-state index contributed by atoms with van der Waals surface area (Å²) < 4.78 is 14.4. The van der Waals surface area contributed by atoms with Crippen LogP contribution in [0.1, 0.15) is 31.2 Å². The molecule has 124 valence electrons. The van der Waals surface area contributed by atoms with Crippen LogP contribution < -0.4 is 10.2 Å². The summed E-state index contributed by atoms with van der Waals surface area (Å²) in [5, 5.41) is 3.36. The molecule has 1 aromatic carbocycles. The summed E-state index contributed by atoms with van der Waals surface area (Å²) in [6, 6.07) is 6.08. The first-order valence-electron chi connectivity index (χ1n) is 8.20. The van der Waals surface area contributed by atoms with Crippen LogP contribution in [-0.4, -0.2) is 44.2 Å². The topological polar surface area (TPSA) is 18.5 Å². The van der Waals surface area contributed by atoms with E-state index in [9.17, 15) is 4.39 Å². The average molecular weight is 328 g/mol. The Labute approximate surface area is 139 Å². The summed E-state index contributed by atoms with van der Waals surface area (Å²) in [5.41, 5.74) is 2.00. The molecule has 2 saturated heterocycles. The van der Waals surface area contributed by atoms with Gasteiger partial charge in [-0.2, -0.15) is 0 Å². The predicted octanol–water partition coefficient (Wildman–Crippen LogP) is 3.03. The number of hydrogen-bond donors (Lipinski definition) is 1. The Hall–Kier alpha value is -0.840. The lowest BCUT2D eigenvalue weighted by molar-refractivity contribution is 0.186. The van der Waals surface area contributed by atoms with E-state index in [-0.39, 0.29) is 18.2 Å². The van der Waals surface area contributed by atoms with E-state index in [2.05, 4.69) is 21.2 Å². The lowest BCUT2D eigenvalue weighted by atomic mass is 10.0. The third-order valence-electron chi connectivity index (χ3n) is 4.84. The first-order chi connectivity index (χ1) is 10.3. The number of likely N-dealkylation sites (tertiary alicyclic amines) is 1. The molecule has 0 aliphatic carbocycles. The van der Waals surface area contributed by atoms with Crippen molar-refractivity contribution in [3.05, 3.63) is 29.6 Å². The number of anilines is 1. The molecule has 0 saturated carbocycles. The van der Waals surface area contributed by atoms with Crippen molar-refractivity contribution in [2.45, 2.75) is 38.3 Å². The predicted molar refractivity (Wildman–Crippen MR) is 92.5 cm³/mol. The quantitative estimate of drug-likeness (QED) is 0.917. The Morgan fingerprint density at radius 3 is 2.68 bits per heavy atom. The van der Waals surface area contributed by atoms with E-state index in [0.29, 0.717) is 6.04 Å². The first-order valence-corrected chi connectivity index (χ1v) is 8.20. The molecule has 2 aliphatic rings. The molecule has 0 bridgehead atoms. The second-order valence-electron chi connectivity index (χ2n) is 6.29. The Morgan fingerprint density at radius 1 is 1.18 bits per heavy atom. The summed E-state index contributed by atoms with van der Waals surface area (Å²) >= 11 is 0. The molecule has 1 unspecified atom stereocenters. The molecule has 2 fully saturated rings. The van der Waals surface area contributed by atoms with Gasteiger partial charge in [-0.15, -0.1) is 12.4 Å². The van der Waals surface area contributed by atoms with Crippen molar-refractivity contribution in [2.24, 2.45) is 0 Å². The second-order valence-corrected chi connectivity index (χ2v) is 6.29. The maximum Gasteiger partial charge on any atom is 0.129 e. The van der Waals surface area contributed by atoms with Crippen LogP contribution in [0.5, 0.6) is 0 Å². The Kier molecular flexibility index (Phi) is 6.48. The van der Waals surface area contributed by atoms with Gasteiger partial charge in [0.1, 0.15) is 5.82 Å². The van der Waals surface area contributed by atoms with E-state index in [4.69, 9.17) is 0 Å². The molecule has 0 radical (unpaired) electrons. The van der Waals surface area contributed by atoms with Crippen LogP contribution in [-0.2, 0) is 6.54 Å². The standard InChI is InChI=1S/C17H26FN3.ClH/c1-19-14-6-5-9-20(12-14)13-15-16(18)7-4-8-17(15)21-10-2-3-11-21;/h4,7-8,14,19H,2-3,5-6,9-13H2,1H3;1H. The minimum absolute atomic E-state index is 0. The molecule has 3 rings (SSSR count). The maximum atomic E-state index is 14.4. The molecule has 3 nitrogen and oxygen atoms in total. The average Bonchev–Trinajstić information content (AvgIpc) is 3.04. The summed E-state index contributed by atoms with van der Waals surface area (Å²) in [7, 11) is 2.02. The Morgan fingerprint density at radius 2 is 1.95 bits per heavy atom. The summed E-state index contributed by atoms with van der Waals surface area (Å²) in [4.78, 5) is 4.74. The lowest BCUT2D eigenvalue weighted by Crippen LogP contribution is -2.44. The van der Waals surface area contributed by atoms with E-state index >= 15 is 0 Å². The monoisotopic (exact) mass is 327 g/mol. The smallest absolute Gasteiger partial charge is 0.129 e. The van der Waals surface area contributed by atoms with Gasteiger partial charge in [0.25, 0.3) is 0 Å². The molecule has 0 spiro atoms. The van der Waals surface area contributed by atoms with Crippen molar-refractivity contribution in [2.75, 3.05) is 38.1 Å². The number of halogens is 2. The number of nitrogens with zero attached hydrogens (tertiary/aromatic N) is 2. The van der Waals surface area contributed by atoms with E-state index < -0.39 is 0 Å². The van der Waals surface area contributed by atoms with Crippen LogP contribution in [0.15, 0.2) is 18.2 Å². The number of likely N-dealkylation sites (N-methyl/N-ethyl adjacent to an activating group) is 1. The molecule has 1 atom stereocenters. The van der Waals surface area contributed by atoms with Crippen molar-refractivity contribution in [3.8, 4) is 0 Å². The van der Waals surface area contributed by atoms with Crippen LogP contribution in [0.2, 0.25) is 0 Å². The van der Waals surface area contributed by atoms with Gasteiger partial charge in [-0.1, -0.05) is 6.07 Å². The van der Waals surface area contributed by atoms with Crippen LogP contribution in [0, 0.1) is 5.82 Å². The number of piperidine rings is 1. The normalized spacial score (nSPS) is 22.6. The number of nitrogens with one attached hydrogen (secondary N) is 1. The highest BCUT2D eigenvalue weighted by Crippen LogP contribution is 2.28. The Bertz CT molecular complexity index is 477. The summed E-state index contributed by atoms with van der Waals surface area (Å²) in [6.07, 6.45) is 4.87. The second kappa shape index (κ2) is 8.14. The zero-order chi connectivity index (χ0) is 14.7. The zero-order valence-electron chi connectivity index (χ0n) is 13.4. The van der Waals surface area contributed by atoms with Crippen LogP contribution in [0.25, 0.3) is 0 Å². The largest absolute Gasteiger partial charge is 0.371 e. The zero-order valence-corrected chi connectivity index (χ0v) is 14.2. The van der Waals surface area contributed by atoms with Crippen LogP contribution >= 0.6 is 12.4 Å². The summed E-state index contributed by atoms with van der Waals surface area (Å²) in [5.74, 6) is -0.0500. The highest BCUT2D eigenvalue weighted by molar-refractivity contribution is 5.85. The van der Waals surface area contributed by atoms with Gasteiger partial charge in [0.2, 0.25) is 0 Å². The van der Waals surface area contributed by atoms with Crippen molar-refractivity contribution >= 4 is 18.1 Å². The molecule has 2 heterocycles. The molecular formula is C17H27ClFN3. The first kappa shape index (κ1) is 17.5. The highest BCUT2D eigenvalue weighted by atomic mass is 35.5. The molecule has 2 aliphatic heterocycles. The van der Waals surface area contributed by atoms with Gasteiger partial charge in [0.15, 0.2) is 0 Å². The van der Waals surface area contributed by atoms with Gasteiger partial charge < -0.3 is 10.2 Å². The van der Waals surface area contributed by atoms with E-state index in [1.165, 1.54) is 25.7 Å². The van der Waals surface area contributed by atoms with Crippen molar-refractivity contribution in [1.29, 1.82) is 0 Å². The highest BCUT2D eigenvalue weighted by Gasteiger charge is 2.23. The minimum Gasteiger partial charge on any atom is -0.371 e. The molecular weight excluding hydrogens is 301 g/mol. The SMILES string of the molecule is CNC1CCCN(Cc2c(F)cccc2N2CCCC2)C1.Cl. The molecule has 1 N–H and O–H groups in total. The van der Waals surface area contributed by atoms with Gasteiger partial charge in [0.05, 0.1) is 0 Å². The van der Waals surface area contributed by atoms with Crippen LogP contribution in [0.3, 0.4) is 0 Å². The maximum absolute atomic E-state index is 14.4. The van der Waals surface area contributed by atoms with Crippen LogP contribution in [0.4, 0.5) is 10.1 Å². The molecule has 1 aromatic rings. The van der Waals surface area contributed by atoms with Gasteiger partial charge in [-0.3, -0.25) is 4.90 Å². The minimum atomic E-state index is -0.0500. The van der Waals surface area contributed by atoms with Crippen molar-refractivity contribution < 1.29 is 4.39 Å². The van der Waals surface area contributed by atoms with Gasteiger partial charge >= 0.3 is 0 Å². The van der Waals surface area contributed by atoms with Gasteiger partial charge in [-0.05, 0) is 51.4 Å². The fourth-order valence-corrected chi connectivity index (χ4v) is 3.62. The molecule has 0 amide bonds. The third-order valence-corrected chi connectivity index (χ3v) is 4.84. The molecule has 22 heavy (non-hydrogen) atoms. The summed E-state index contributed by atoms with van der Waals surface area (Å²) in [6.45, 7) is 4.96. The fourth-order valence-electron chi connectivity index (χ4n) is 3.62. The lowest BCUT2D eigenvalue weighted by Gasteiger charge is -2.33. The number of benzene rings is 1. The molecule has 5 heteroatoms. The van der Waals surface area contributed by atoms with Crippen molar-refractivity contribution in [1.82, 2.24) is 10.2 Å². The van der Waals surface area contributed by atoms with E-state index in [1.807, 2.05) is 13.1 Å². The number of hydrogen-bond acceptors (Lipinski definition) is 3. The van der Waals surface area contributed by atoms with E-state index in [0.717, 1.165) is 44.0 Å². The number of rotatable bonds is 4. The Balaban J connectivity index is 0.00000176. The third kappa shape index (κ3) is 3.92. The van der Waals surface area contributed by atoms with Crippen molar-refractivity contribution in [3.63, 3.8) is 0 Å². The fraction of sp³-hybridized carbons (Fsp3) is 0.647. The van der Waals surface area contributed by atoms with Gasteiger partial charge in [-0.25, -0.2) is 4.39 Å². The molecule has 0 aromatic heterocycles. The van der Waals surface area contributed by atoms with E-state index in [1.54, 1.807) is 6.07 Å².